The van der Waals surface area contributed by atoms with Crippen molar-refractivity contribution in [3.05, 3.63) is 29.8 Å². The van der Waals surface area contributed by atoms with Gasteiger partial charge in [-0.1, -0.05) is 26.0 Å². The molecule has 0 amide bonds. The molecule has 0 spiro atoms. The first-order valence-electron chi connectivity index (χ1n) is 7.65. The van der Waals surface area contributed by atoms with Crippen LogP contribution in [0.1, 0.15) is 33.3 Å². The third-order valence-corrected chi connectivity index (χ3v) is 6.03. The molecule has 1 aliphatic heterocycles. The summed E-state index contributed by atoms with van der Waals surface area (Å²) in [4.78, 5) is 0.399. The lowest BCUT2D eigenvalue weighted by Gasteiger charge is -2.38. The molecule has 0 aliphatic carbocycles. The molecule has 1 fully saturated rings. The van der Waals surface area contributed by atoms with Crippen LogP contribution in [0.4, 0.5) is 0 Å². The molecule has 4 nitrogen and oxygen atoms in total. The number of nitrogens with one attached hydrogen (secondary N) is 1. The van der Waals surface area contributed by atoms with Crippen molar-refractivity contribution in [2.45, 2.75) is 51.1 Å². The Morgan fingerprint density at radius 3 is 2.14 bits per heavy atom. The van der Waals surface area contributed by atoms with Crippen molar-refractivity contribution in [3.63, 3.8) is 0 Å². The van der Waals surface area contributed by atoms with Gasteiger partial charge in [-0.3, -0.25) is 0 Å². The Labute approximate surface area is 128 Å². The van der Waals surface area contributed by atoms with Crippen molar-refractivity contribution in [2.24, 2.45) is 5.92 Å². The van der Waals surface area contributed by atoms with Gasteiger partial charge >= 0.3 is 0 Å². The molecule has 0 radical (unpaired) electrons. The van der Waals surface area contributed by atoms with Gasteiger partial charge in [0.15, 0.2) is 0 Å². The van der Waals surface area contributed by atoms with Crippen molar-refractivity contribution in [2.75, 3.05) is 13.1 Å². The lowest BCUT2D eigenvalue weighted by Crippen LogP contribution is -2.57. The van der Waals surface area contributed by atoms with Crippen LogP contribution >= 0.6 is 0 Å². The zero-order chi connectivity index (χ0) is 15.6. The quantitative estimate of drug-likeness (QED) is 0.928. The molecule has 2 atom stereocenters. The third kappa shape index (κ3) is 3.65. The van der Waals surface area contributed by atoms with E-state index in [2.05, 4.69) is 19.2 Å². The number of piperazine rings is 1. The fraction of sp³-hybridized carbons (Fsp3) is 0.625. The second-order valence-electron chi connectivity index (χ2n) is 6.43. The van der Waals surface area contributed by atoms with Gasteiger partial charge in [0.05, 0.1) is 4.90 Å². The van der Waals surface area contributed by atoms with Gasteiger partial charge in [0.2, 0.25) is 10.0 Å². The summed E-state index contributed by atoms with van der Waals surface area (Å²) in [7, 11) is -3.41. The Morgan fingerprint density at radius 1 is 1.14 bits per heavy atom. The summed E-state index contributed by atoms with van der Waals surface area (Å²) in [6.45, 7) is 9.63. The SMILES string of the molecule is CC(C)Cc1ccc(S(=O)(=O)N2C(C)CNCC2C)cc1. The summed E-state index contributed by atoms with van der Waals surface area (Å²) >= 11 is 0. The van der Waals surface area contributed by atoms with Gasteiger partial charge in [-0.15, -0.1) is 0 Å². The molecule has 1 aromatic rings. The minimum absolute atomic E-state index is 0.0194. The zero-order valence-corrected chi connectivity index (χ0v) is 14.2. The molecule has 0 saturated carbocycles. The minimum Gasteiger partial charge on any atom is -0.314 e. The first-order valence-corrected chi connectivity index (χ1v) is 9.09. The van der Waals surface area contributed by atoms with Crippen LogP contribution in [0.5, 0.6) is 0 Å². The first kappa shape index (κ1) is 16.5. The molecule has 2 unspecified atom stereocenters. The molecule has 21 heavy (non-hydrogen) atoms. The number of hydrogen-bond donors (Lipinski definition) is 1. The molecule has 2 rings (SSSR count). The van der Waals surface area contributed by atoms with E-state index in [-0.39, 0.29) is 12.1 Å². The summed E-state index contributed by atoms with van der Waals surface area (Å²) in [5.74, 6) is 0.570. The normalized spacial score (nSPS) is 24.4. The van der Waals surface area contributed by atoms with Gasteiger partial charge in [-0.05, 0) is 43.9 Å². The topological polar surface area (TPSA) is 49.4 Å². The molecule has 1 saturated heterocycles. The van der Waals surface area contributed by atoms with E-state index < -0.39 is 10.0 Å². The highest BCUT2D eigenvalue weighted by Crippen LogP contribution is 2.23. The van der Waals surface area contributed by atoms with Gasteiger partial charge in [0.25, 0.3) is 0 Å². The lowest BCUT2D eigenvalue weighted by molar-refractivity contribution is 0.220. The molecular weight excluding hydrogens is 284 g/mol. The highest BCUT2D eigenvalue weighted by molar-refractivity contribution is 7.89. The fourth-order valence-electron chi connectivity index (χ4n) is 2.98. The maximum atomic E-state index is 12.8. The van der Waals surface area contributed by atoms with Crippen LogP contribution in [-0.4, -0.2) is 37.9 Å². The Hall–Kier alpha value is -0.910. The van der Waals surface area contributed by atoms with Gasteiger partial charge in [-0.2, -0.15) is 4.31 Å². The molecule has 0 bridgehead atoms. The zero-order valence-electron chi connectivity index (χ0n) is 13.3. The highest BCUT2D eigenvalue weighted by atomic mass is 32.2. The van der Waals surface area contributed by atoms with Gasteiger partial charge in [0.1, 0.15) is 0 Å². The second kappa shape index (κ2) is 6.46. The third-order valence-electron chi connectivity index (χ3n) is 3.89. The lowest BCUT2D eigenvalue weighted by atomic mass is 10.0. The van der Waals surface area contributed by atoms with Crippen LogP contribution in [0.25, 0.3) is 0 Å². The maximum absolute atomic E-state index is 12.8. The molecule has 1 heterocycles. The van der Waals surface area contributed by atoms with E-state index in [1.807, 2.05) is 26.0 Å². The van der Waals surface area contributed by atoms with E-state index in [9.17, 15) is 8.42 Å². The molecular formula is C16H26N2O2S. The number of hydrogen-bond acceptors (Lipinski definition) is 3. The summed E-state index contributed by atoms with van der Waals surface area (Å²) < 4.78 is 27.3. The van der Waals surface area contributed by atoms with Crippen LogP contribution in [0.15, 0.2) is 29.2 Å². The predicted octanol–water partition coefficient (Wildman–Crippen LogP) is 2.26. The Balaban J connectivity index is 2.26. The number of sulfonamides is 1. The molecule has 118 valence electrons. The van der Waals surface area contributed by atoms with Crippen LogP contribution in [0.3, 0.4) is 0 Å². The predicted molar refractivity (Wildman–Crippen MR) is 85.8 cm³/mol. The van der Waals surface area contributed by atoms with E-state index in [4.69, 9.17) is 0 Å². The molecule has 5 heteroatoms. The average Bonchev–Trinajstić information content (AvgIpc) is 2.38. The highest BCUT2D eigenvalue weighted by Gasteiger charge is 2.35. The van der Waals surface area contributed by atoms with E-state index >= 15 is 0 Å². The number of nitrogens with zero attached hydrogens (tertiary/aromatic N) is 1. The minimum atomic E-state index is -3.41. The molecule has 0 aromatic heterocycles. The van der Waals surface area contributed by atoms with Crippen LogP contribution < -0.4 is 5.32 Å². The van der Waals surface area contributed by atoms with Gasteiger partial charge < -0.3 is 5.32 Å². The molecule has 1 N–H and O–H groups in total. The summed E-state index contributed by atoms with van der Waals surface area (Å²) in [5, 5.41) is 3.26. The number of rotatable bonds is 4. The average molecular weight is 310 g/mol. The van der Waals surface area contributed by atoms with Crippen molar-refractivity contribution < 1.29 is 8.42 Å². The largest absolute Gasteiger partial charge is 0.314 e. The van der Waals surface area contributed by atoms with Crippen molar-refractivity contribution in [1.29, 1.82) is 0 Å². The fourth-order valence-corrected chi connectivity index (χ4v) is 4.80. The number of benzene rings is 1. The van der Waals surface area contributed by atoms with E-state index in [0.29, 0.717) is 23.9 Å². The summed E-state index contributed by atoms with van der Waals surface area (Å²) in [5.41, 5.74) is 1.19. The van der Waals surface area contributed by atoms with E-state index in [1.54, 1.807) is 16.4 Å². The Morgan fingerprint density at radius 2 is 1.67 bits per heavy atom. The van der Waals surface area contributed by atoms with Crippen LogP contribution in [0.2, 0.25) is 0 Å². The van der Waals surface area contributed by atoms with Crippen LogP contribution in [0, 0.1) is 5.92 Å². The summed E-state index contributed by atoms with van der Waals surface area (Å²) in [6, 6.07) is 7.32. The first-order chi connectivity index (χ1) is 9.82. The standard InChI is InChI=1S/C16H26N2O2S/c1-12(2)9-15-5-7-16(8-6-15)21(19,20)18-13(3)10-17-11-14(18)4/h5-8,12-14,17H,9-11H2,1-4H3. The van der Waals surface area contributed by atoms with Crippen LogP contribution in [-0.2, 0) is 16.4 Å². The van der Waals surface area contributed by atoms with Crippen molar-refractivity contribution in [1.82, 2.24) is 9.62 Å². The van der Waals surface area contributed by atoms with Gasteiger partial charge in [-0.25, -0.2) is 8.42 Å². The summed E-state index contributed by atoms with van der Waals surface area (Å²) in [6.07, 6.45) is 0.973. The second-order valence-corrected chi connectivity index (χ2v) is 8.28. The van der Waals surface area contributed by atoms with E-state index in [0.717, 1.165) is 6.42 Å². The van der Waals surface area contributed by atoms with Gasteiger partial charge in [0, 0.05) is 25.2 Å². The van der Waals surface area contributed by atoms with Crippen molar-refractivity contribution in [3.8, 4) is 0 Å². The monoisotopic (exact) mass is 310 g/mol. The smallest absolute Gasteiger partial charge is 0.243 e. The maximum Gasteiger partial charge on any atom is 0.243 e. The van der Waals surface area contributed by atoms with E-state index in [1.165, 1.54) is 5.56 Å². The molecule has 1 aromatic carbocycles. The Kier molecular flexibility index (Phi) is 5.07. The van der Waals surface area contributed by atoms with Crippen molar-refractivity contribution >= 4 is 10.0 Å². The Bertz CT molecular complexity index is 556. The molecule has 1 aliphatic rings.